The molecular formula is C22H30O3S. The second-order valence-electron chi connectivity index (χ2n) is 7.32. The van der Waals surface area contributed by atoms with Crippen molar-refractivity contribution in [2.75, 3.05) is 7.11 Å². The van der Waals surface area contributed by atoms with Crippen molar-refractivity contribution < 1.29 is 13.2 Å². The monoisotopic (exact) mass is 374 g/mol. The highest BCUT2D eigenvalue weighted by Gasteiger charge is 2.30. The predicted octanol–water partition coefficient (Wildman–Crippen LogP) is 5.30. The molecular weight excluding hydrogens is 344 g/mol. The number of methoxy groups -OCH3 is 1. The Kier molecular flexibility index (Phi) is 5.31. The quantitative estimate of drug-likeness (QED) is 0.732. The summed E-state index contributed by atoms with van der Waals surface area (Å²) < 4.78 is 33.1. The smallest absolute Gasteiger partial charge is 0.207 e. The third-order valence-electron chi connectivity index (χ3n) is 6.16. The van der Waals surface area contributed by atoms with Crippen LogP contribution in [0.4, 0.5) is 0 Å². The predicted molar refractivity (Wildman–Crippen MR) is 108 cm³/mol. The van der Waals surface area contributed by atoms with Crippen molar-refractivity contribution in [2.24, 2.45) is 0 Å². The van der Waals surface area contributed by atoms with E-state index in [2.05, 4.69) is 6.92 Å². The van der Waals surface area contributed by atoms with E-state index in [-0.39, 0.29) is 0 Å². The molecule has 142 valence electrons. The summed E-state index contributed by atoms with van der Waals surface area (Å²) in [5.41, 5.74) is 8.22. The van der Waals surface area contributed by atoms with Crippen LogP contribution in [0.25, 0.3) is 0 Å². The fourth-order valence-corrected chi connectivity index (χ4v) is 6.35. The third kappa shape index (κ3) is 2.75. The topological polar surface area (TPSA) is 43.4 Å². The molecule has 0 spiro atoms. The summed E-state index contributed by atoms with van der Waals surface area (Å²) in [6.07, 6.45) is 0. The molecule has 0 aliphatic rings. The first-order valence-electron chi connectivity index (χ1n) is 8.85. The molecule has 0 heterocycles. The highest BCUT2D eigenvalue weighted by atomic mass is 32.2. The number of benzene rings is 2. The summed E-state index contributed by atoms with van der Waals surface area (Å²) in [4.78, 5) is 0.871. The highest BCUT2D eigenvalue weighted by Crippen LogP contribution is 2.40. The first-order valence-corrected chi connectivity index (χ1v) is 10.3. The average Bonchev–Trinajstić information content (AvgIpc) is 2.57. The second kappa shape index (κ2) is 6.73. The van der Waals surface area contributed by atoms with Crippen molar-refractivity contribution in [1.82, 2.24) is 0 Å². The van der Waals surface area contributed by atoms with Gasteiger partial charge >= 0.3 is 0 Å². The third-order valence-corrected chi connectivity index (χ3v) is 8.46. The molecule has 0 aromatic heterocycles. The maximum Gasteiger partial charge on any atom is 0.207 e. The van der Waals surface area contributed by atoms with Crippen LogP contribution in [-0.2, 0) is 9.84 Å². The van der Waals surface area contributed by atoms with Gasteiger partial charge in [-0.3, -0.25) is 0 Å². The van der Waals surface area contributed by atoms with E-state index in [1.54, 1.807) is 7.11 Å². The Bertz CT molecular complexity index is 955. The Morgan fingerprint density at radius 1 is 0.500 bits per heavy atom. The zero-order chi connectivity index (χ0) is 20.1. The molecule has 0 bridgehead atoms. The molecule has 4 heteroatoms. The number of hydrogen-bond acceptors (Lipinski definition) is 3. The molecule has 0 atom stereocenters. The van der Waals surface area contributed by atoms with Gasteiger partial charge in [-0.25, -0.2) is 8.42 Å². The lowest BCUT2D eigenvalue weighted by Gasteiger charge is -2.23. The van der Waals surface area contributed by atoms with Gasteiger partial charge in [-0.05, 0) is 112 Å². The highest BCUT2D eigenvalue weighted by molar-refractivity contribution is 7.91. The van der Waals surface area contributed by atoms with E-state index in [1.807, 2.05) is 55.4 Å². The zero-order valence-electron chi connectivity index (χ0n) is 17.6. The molecule has 0 aliphatic heterocycles. The number of ether oxygens (including phenoxy) is 1. The Labute approximate surface area is 158 Å². The summed E-state index contributed by atoms with van der Waals surface area (Å²) in [5.74, 6) is 0.767. The maximum absolute atomic E-state index is 13.8. The average molecular weight is 375 g/mol. The van der Waals surface area contributed by atoms with E-state index >= 15 is 0 Å². The molecule has 0 amide bonds. The molecule has 3 nitrogen and oxygen atoms in total. The van der Waals surface area contributed by atoms with Crippen LogP contribution in [0.3, 0.4) is 0 Å². The van der Waals surface area contributed by atoms with Gasteiger partial charge in [-0.1, -0.05) is 0 Å². The van der Waals surface area contributed by atoms with Gasteiger partial charge in [0.05, 0.1) is 16.9 Å². The fourth-order valence-electron chi connectivity index (χ4n) is 3.92. The summed E-state index contributed by atoms with van der Waals surface area (Å²) in [7, 11) is -2.02. The Morgan fingerprint density at radius 2 is 0.769 bits per heavy atom. The summed E-state index contributed by atoms with van der Waals surface area (Å²) in [5, 5.41) is 0. The van der Waals surface area contributed by atoms with E-state index in [9.17, 15) is 8.42 Å². The zero-order valence-corrected chi connectivity index (χ0v) is 18.4. The number of sulfone groups is 1. The Hall–Kier alpha value is -1.81. The van der Waals surface area contributed by atoms with Crippen LogP contribution < -0.4 is 4.74 Å². The van der Waals surface area contributed by atoms with Crippen molar-refractivity contribution in [3.8, 4) is 5.75 Å². The van der Waals surface area contributed by atoms with Crippen molar-refractivity contribution in [3.05, 3.63) is 50.1 Å². The number of rotatable bonds is 3. The lowest BCUT2D eigenvalue weighted by Crippen LogP contribution is -2.14. The van der Waals surface area contributed by atoms with E-state index in [4.69, 9.17) is 4.74 Å². The van der Waals surface area contributed by atoms with Gasteiger partial charge in [0.25, 0.3) is 0 Å². The van der Waals surface area contributed by atoms with Crippen molar-refractivity contribution in [1.29, 1.82) is 0 Å². The van der Waals surface area contributed by atoms with E-state index in [0.29, 0.717) is 9.79 Å². The molecule has 2 aromatic carbocycles. The normalized spacial score (nSPS) is 11.8. The van der Waals surface area contributed by atoms with E-state index in [0.717, 1.165) is 55.8 Å². The lowest BCUT2D eigenvalue weighted by atomic mass is 9.95. The van der Waals surface area contributed by atoms with Gasteiger partial charge in [0.1, 0.15) is 5.75 Å². The van der Waals surface area contributed by atoms with Gasteiger partial charge < -0.3 is 4.74 Å². The first-order chi connectivity index (χ1) is 11.9. The maximum atomic E-state index is 13.8. The Morgan fingerprint density at radius 3 is 1.08 bits per heavy atom. The lowest BCUT2D eigenvalue weighted by molar-refractivity contribution is 0.407. The van der Waals surface area contributed by atoms with Crippen LogP contribution >= 0.6 is 0 Å². The molecule has 0 saturated carbocycles. The van der Waals surface area contributed by atoms with Crippen molar-refractivity contribution in [2.45, 2.75) is 72.1 Å². The molecule has 2 aromatic rings. The van der Waals surface area contributed by atoms with Gasteiger partial charge in [0.15, 0.2) is 0 Å². The minimum absolute atomic E-state index is 0.419. The fraction of sp³-hybridized carbons (Fsp3) is 0.455. The number of hydrogen-bond donors (Lipinski definition) is 0. The molecule has 0 radical (unpaired) electrons. The van der Waals surface area contributed by atoms with Crippen LogP contribution in [0.2, 0.25) is 0 Å². The van der Waals surface area contributed by atoms with Gasteiger partial charge in [-0.2, -0.15) is 0 Å². The second-order valence-corrected chi connectivity index (χ2v) is 9.14. The molecule has 0 fully saturated rings. The molecule has 0 unspecified atom stereocenters. The minimum Gasteiger partial charge on any atom is -0.496 e. The summed E-state index contributed by atoms with van der Waals surface area (Å²) >= 11 is 0. The van der Waals surface area contributed by atoms with Gasteiger partial charge in [-0.15, -0.1) is 0 Å². The van der Waals surface area contributed by atoms with Gasteiger partial charge in [0.2, 0.25) is 9.84 Å². The van der Waals surface area contributed by atoms with Gasteiger partial charge in [0, 0.05) is 0 Å². The molecule has 0 aliphatic carbocycles. The molecule has 0 saturated heterocycles. The Balaban J connectivity index is 3.01. The van der Waals surface area contributed by atoms with Crippen LogP contribution in [0.15, 0.2) is 9.79 Å². The van der Waals surface area contributed by atoms with E-state index in [1.165, 1.54) is 0 Å². The minimum atomic E-state index is -3.65. The SMILES string of the molecule is COc1c(C)c(C)c(S(=O)(=O)c2c(C)c(C)c(C)c(C)c2C)c(C)c1C. The van der Waals surface area contributed by atoms with E-state index < -0.39 is 9.84 Å². The van der Waals surface area contributed by atoms with Crippen LogP contribution in [0.5, 0.6) is 5.75 Å². The molecule has 26 heavy (non-hydrogen) atoms. The van der Waals surface area contributed by atoms with Crippen LogP contribution in [-0.4, -0.2) is 15.5 Å². The largest absolute Gasteiger partial charge is 0.496 e. The summed E-state index contributed by atoms with van der Waals surface area (Å²) in [6, 6.07) is 0. The summed E-state index contributed by atoms with van der Waals surface area (Å²) in [6.45, 7) is 17.5. The standard InChI is InChI=1S/C22H30O3S/c1-11-12(2)16(6)21(17(7)13(11)3)26(23,24)22-18(8)14(4)20(25-10)15(5)19(22)9/h1-10H3. The van der Waals surface area contributed by atoms with Crippen LogP contribution in [0, 0.1) is 62.3 Å². The molecule has 0 N–H and O–H groups in total. The first kappa shape index (κ1) is 20.5. The van der Waals surface area contributed by atoms with Crippen molar-refractivity contribution >= 4 is 9.84 Å². The molecule has 2 rings (SSSR count). The van der Waals surface area contributed by atoms with Crippen LogP contribution in [0.1, 0.15) is 50.1 Å². The van der Waals surface area contributed by atoms with Crippen molar-refractivity contribution in [3.63, 3.8) is 0 Å².